The Bertz CT molecular complexity index is 1120. The Morgan fingerprint density at radius 1 is 1.34 bits per heavy atom. The van der Waals surface area contributed by atoms with Gasteiger partial charge in [-0.2, -0.15) is 4.39 Å². The second-order valence-electron chi connectivity index (χ2n) is 8.09. The molecule has 7 nitrogen and oxygen atoms in total. The van der Waals surface area contributed by atoms with Crippen LogP contribution in [-0.2, 0) is 14.8 Å². The van der Waals surface area contributed by atoms with Crippen molar-refractivity contribution in [1.29, 1.82) is 0 Å². The summed E-state index contributed by atoms with van der Waals surface area (Å²) in [5.74, 6) is -4.16. The standard InChI is InChI=1S/C20H24ClF3N4O3S/c1-12-9-20(31-4,10-27(2)3)11-28(12)14-8-13(22)19(18(24)17(14)21)32(29,30)26-16-7-5-6-15(23)25-16/h5-8,12H,9-11H2,1-4H3,(H,25,26)/t12-,20-/m0/s1. The van der Waals surface area contributed by atoms with Gasteiger partial charge in [-0.05, 0) is 39.6 Å². The van der Waals surface area contributed by atoms with Crippen molar-refractivity contribution < 1.29 is 26.3 Å². The van der Waals surface area contributed by atoms with E-state index in [0.717, 1.165) is 18.2 Å². The summed E-state index contributed by atoms with van der Waals surface area (Å²) in [6.07, 6.45) is 0.577. The number of aromatic nitrogens is 1. The normalized spacial score (nSPS) is 21.4. The molecule has 0 unspecified atom stereocenters. The summed E-state index contributed by atoms with van der Waals surface area (Å²) in [5, 5.41) is -0.539. The molecule has 1 aromatic carbocycles. The van der Waals surface area contributed by atoms with E-state index < -0.39 is 48.9 Å². The molecule has 176 valence electrons. The van der Waals surface area contributed by atoms with Gasteiger partial charge in [0.25, 0.3) is 10.0 Å². The highest BCUT2D eigenvalue weighted by atomic mass is 35.5. The minimum absolute atomic E-state index is 0.0229. The number of pyridine rings is 1. The van der Waals surface area contributed by atoms with Gasteiger partial charge in [0, 0.05) is 32.3 Å². The van der Waals surface area contributed by atoms with E-state index in [2.05, 4.69) is 4.98 Å². The molecule has 1 aliphatic heterocycles. The number of likely N-dealkylation sites (N-methyl/N-ethyl adjacent to an activating group) is 1. The molecular weight excluding hydrogens is 469 g/mol. The Kier molecular flexibility index (Phi) is 6.94. The fourth-order valence-corrected chi connectivity index (χ4v) is 5.54. The first kappa shape index (κ1) is 24.6. The van der Waals surface area contributed by atoms with Crippen molar-refractivity contribution in [3.8, 4) is 0 Å². The Balaban J connectivity index is 1.99. The van der Waals surface area contributed by atoms with E-state index in [1.165, 1.54) is 6.07 Å². The van der Waals surface area contributed by atoms with Gasteiger partial charge in [-0.15, -0.1) is 0 Å². The number of anilines is 2. The molecule has 2 atom stereocenters. The lowest BCUT2D eigenvalue weighted by Crippen LogP contribution is -2.44. The van der Waals surface area contributed by atoms with Crippen LogP contribution < -0.4 is 9.62 Å². The average molecular weight is 493 g/mol. The average Bonchev–Trinajstić information content (AvgIpc) is 3.00. The zero-order valence-corrected chi connectivity index (χ0v) is 19.6. The summed E-state index contributed by atoms with van der Waals surface area (Å²) in [7, 11) is 0.578. The van der Waals surface area contributed by atoms with Crippen molar-refractivity contribution in [2.45, 2.75) is 29.9 Å². The van der Waals surface area contributed by atoms with E-state index in [4.69, 9.17) is 16.3 Å². The molecule has 3 rings (SSSR count). The van der Waals surface area contributed by atoms with E-state index in [-0.39, 0.29) is 11.7 Å². The summed E-state index contributed by atoms with van der Waals surface area (Å²) in [6.45, 7) is 2.74. The molecule has 2 aromatic rings. The molecule has 0 amide bonds. The predicted octanol–water partition coefficient (Wildman–Crippen LogP) is 3.50. The van der Waals surface area contributed by atoms with Crippen LogP contribution in [0.25, 0.3) is 0 Å². The number of hydrogen-bond acceptors (Lipinski definition) is 6. The smallest absolute Gasteiger partial charge is 0.268 e. The van der Waals surface area contributed by atoms with Gasteiger partial charge in [0.1, 0.15) is 16.7 Å². The monoisotopic (exact) mass is 492 g/mol. The Morgan fingerprint density at radius 3 is 2.62 bits per heavy atom. The van der Waals surface area contributed by atoms with E-state index in [9.17, 15) is 17.2 Å². The minimum atomic E-state index is -4.77. The molecule has 0 saturated carbocycles. The summed E-state index contributed by atoms with van der Waals surface area (Å²) in [5.41, 5.74) is -0.566. The fraction of sp³-hybridized carbons (Fsp3) is 0.450. The summed E-state index contributed by atoms with van der Waals surface area (Å²) < 4.78 is 76.2. The Labute approximate surface area is 190 Å². The van der Waals surface area contributed by atoms with Crippen LogP contribution in [0, 0.1) is 17.6 Å². The zero-order chi connectivity index (χ0) is 23.8. The number of rotatable bonds is 7. The lowest BCUT2D eigenvalue weighted by Gasteiger charge is -2.31. The largest absolute Gasteiger partial charge is 0.375 e. The third-order valence-electron chi connectivity index (χ3n) is 5.32. The van der Waals surface area contributed by atoms with Crippen molar-refractivity contribution in [3.05, 3.63) is 46.9 Å². The second kappa shape index (κ2) is 9.05. The first-order valence-electron chi connectivity index (χ1n) is 9.68. The topological polar surface area (TPSA) is 74.8 Å². The van der Waals surface area contributed by atoms with E-state index in [0.29, 0.717) is 19.5 Å². The van der Waals surface area contributed by atoms with Gasteiger partial charge in [-0.3, -0.25) is 4.72 Å². The molecule has 0 radical (unpaired) electrons. The van der Waals surface area contributed by atoms with Crippen LogP contribution in [0.3, 0.4) is 0 Å². The lowest BCUT2D eigenvalue weighted by atomic mass is 10.00. The molecule has 1 N–H and O–H groups in total. The first-order chi connectivity index (χ1) is 14.9. The number of benzene rings is 1. The van der Waals surface area contributed by atoms with Gasteiger partial charge in [0.05, 0.1) is 11.3 Å². The number of halogens is 4. The molecule has 12 heteroatoms. The number of methoxy groups -OCH3 is 1. The molecule has 32 heavy (non-hydrogen) atoms. The number of nitrogens with one attached hydrogen (secondary N) is 1. The van der Waals surface area contributed by atoms with Crippen LogP contribution in [0.1, 0.15) is 13.3 Å². The number of ether oxygens (including phenoxy) is 1. The van der Waals surface area contributed by atoms with Crippen molar-refractivity contribution in [3.63, 3.8) is 0 Å². The van der Waals surface area contributed by atoms with Crippen molar-refractivity contribution in [2.75, 3.05) is 43.9 Å². The first-order valence-corrected chi connectivity index (χ1v) is 11.5. The molecule has 1 aromatic heterocycles. The Morgan fingerprint density at radius 2 is 2.03 bits per heavy atom. The molecular formula is C20H24ClF3N4O3S. The summed E-state index contributed by atoms with van der Waals surface area (Å²) in [4.78, 5) is 5.72. The highest BCUT2D eigenvalue weighted by Gasteiger charge is 2.44. The number of sulfonamides is 1. The van der Waals surface area contributed by atoms with E-state index in [1.807, 2.05) is 30.6 Å². The molecule has 2 heterocycles. The van der Waals surface area contributed by atoms with Crippen LogP contribution >= 0.6 is 11.6 Å². The van der Waals surface area contributed by atoms with Gasteiger partial charge >= 0.3 is 0 Å². The van der Waals surface area contributed by atoms with Crippen LogP contribution in [0.15, 0.2) is 29.2 Å². The molecule has 1 saturated heterocycles. The molecule has 1 fully saturated rings. The van der Waals surface area contributed by atoms with Crippen LogP contribution in [0.4, 0.5) is 24.7 Å². The maximum atomic E-state index is 15.1. The minimum Gasteiger partial charge on any atom is -0.375 e. The quantitative estimate of drug-likeness (QED) is 0.471. The van der Waals surface area contributed by atoms with Crippen LogP contribution in [0.2, 0.25) is 5.02 Å². The van der Waals surface area contributed by atoms with Crippen molar-refractivity contribution in [2.24, 2.45) is 0 Å². The number of nitrogens with zero attached hydrogens (tertiary/aromatic N) is 3. The van der Waals surface area contributed by atoms with Crippen molar-refractivity contribution >= 4 is 33.1 Å². The lowest BCUT2D eigenvalue weighted by molar-refractivity contribution is -0.0120. The SMILES string of the molecule is CO[C@]1(CN(C)C)C[C@H](C)N(c2cc(F)c(S(=O)(=O)Nc3cccc(F)n3)c(F)c2Cl)C1. The second-order valence-corrected chi connectivity index (χ2v) is 10.1. The van der Waals surface area contributed by atoms with Crippen LogP contribution in [-0.4, -0.2) is 64.2 Å². The number of hydrogen-bond donors (Lipinski definition) is 1. The molecule has 0 spiro atoms. The summed E-state index contributed by atoms with van der Waals surface area (Å²) in [6, 6.07) is 4.05. The third-order valence-corrected chi connectivity index (χ3v) is 7.07. The Hall–Kier alpha value is -2.08. The molecule has 0 bridgehead atoms. The van der Waals surface area contributed by atoms with Gasteiger partial charge in [-0.25, -0.2) is 22.2 Å². The van der Waals surface area contributed by atoms with Crippen molar-refractivity contribution in [1.82, 2.24) is 9.88 Å². The predicted molar refractivity (Wildman–Crippen MR) is 116 cm³/mol. The maximum Gasteiger partial charge on any atom is 0.268 e. The maximum absolute atomic E-state index is 15.1. The third kappa shape index (κ3) is 4.80. The fourth-order valence-electron chi connectivity index (χ4n) is 4.08. The van der Waals surface area contributed by atoms with E-state index >= 15 is 4.39 Å². The summed E-state index contributed by atoms with van der Waals surface area (Å²) >= 11 is 6.19. The van der Waals surface area contributed by atoms with Gasteiger partial charge < -0.3 is 14.5 Å². The van der Waals surface area contributed by atoms with E-state index in [1.54, 1.807) is 12.0 Å². The molecule has 1 aliphatic rings. The van der Waals surface area contributed by atoms with Crippen LogP contribution in [0.5, 0.6) is 0 Å². The highest BCUT2D eigenvalue weighted by Crippen LogP contribution is 2.41. The highest BCUT2D eigenvalue weighted by molar-refractivity contribution is 7.92. The van der Waals surface area contributed by atoms with Gasteiger partial charge in [-0.1, -0.05) is 17.7 Å². The zero-order valence-electron chi connectivity index (χ0n) is 18.0. The van der Waals surface area contributed by atoms with Gasteiger partial charge in [0.2, 0.25) is 5.95 Å². The molecule has 0 aliphatic carbocycles. The van der Waals surface area contributed by atoms with Gasteiger partial charge in [0.15, 0.2) is 10.7 Å².